The molecule has 4 heteroatoms. The van der Waals surface area contributed by atoms with Crippen LogP contribution in [0.5, 0.6) is 5.75 Å². The molecule has 0 bridgehead atoms. The summed E-state index contributed by atoms with van der Waals surface area (Å²) in [5.41, 5.74) is 7.16. The smallest absolute Gasteiger partial charge is 0.122 e. The Morgan fingerprint density at radius 2 is 1.85 bits per heavy atom. The summed E-state index contributed by atoms with van der Waals surface area (Å²) in [5.74, 6) is 6.62. The highest BCUT2D eigenvalue weighted by molar-refractivity contribution is 5.35. The number of hydrogen-bond donors (Lipinski definition) is 2. The number of benzene rings is 1. The molecule has 0 fully saturated rings. The SMILES string of the molecule is COc1ccccc1CC(NN)c1cc(C)nc(C)c1. The first-order chi connectivity index (χ1) is 9.63. The van der Waals surface area contributed by atoms with Gasteiger partial charge in [-0.1, -0.05) is 18.2 Å². The second-order valence-electron chi connectivity index (χ2n) is 4.92. The minimum atomic E-state index is 0.0340. The van der Waals surface area contributed by atoms with Crippen molar-refractivity contribution >= 4 is 0 Å². The fourth-order valence-corrected chi connectivity index (χ4v) is 2.43. The summed E-state index contributed by atoms with van der Waals surface area (Å²) in [7, 11) is 1.68. The Morgan fingerprint density at radius 3 is 2.45 bits per heavy atom. The van der Waals surface area contributed by atoms with Gasteiger partial charge in [0.2, 0.25) is 0 Å². The molecule has 0 aliphatic rings. The number of hydrazine groups is 1. The molecule has 1 atom stereocenters. The molecule has 1 unspecified atom stereocenters. The summed E-state index contributed by atoms with van der Waals surface area (Å²) in [4.78, 5) is 4.40. The summed E-state index contributed by atoms with van der Waals surface area (Å²) in [5, 5.41) is 0. The second-order valence-corrected chi connectivity index (χ2v) is 4.92. The zero-order valence-electron chi connectivity index (χ0n) is 12.2. The fourth-order valence-electron chi connectivity index (χ4n) is 2.43. The van der Waals surface area contributed by atoms with Crippen LogP contribution in [0.4, 0.5) is 0 Å². The summed E-state index contributed by atoms with van der Waals surface area (Å²) in [6.45, 7) is 3.99. The van der Waals surface area contributed by atoms with Gasteiger partial charge in [0.15, 0.2) is 0 Å². The van der Waals surface area contributed by atoms with E-state index >= 15 is 0 Å². The number of pyridine rings is 1. The number of hydrogen-bond acceptors (Lipinski definition) is 4. The third-order valence-corrected chi connectivity index (χ3v) is 3.32. The molecule has 1 aromatic carbocycles. The Labute approximate surface area is 120 Å². The molecule has 0 saturated carbocycles. The molecular formula is C16H21N3O. The van der Waals surface area contributed by atoms with Gasteiger partial charge in [-0.05, 0) is 49.6 Å². The molecule has 3 N–H and O–H groups in total. The third kappa shape index (κ3) is 3.35. The van der Waals surface area contributed by atoms with Crippen LogP contribution >= 0.6 is 0 Å². The molecule has 1 heterocycles. The minimum absolute atomic E-state index is 0.0340. The lowest BCUT2D eigenvalue weighted by Crippen LogP contribution is -2.30. The number of aryl methyl sites for hydroxylation is 2. The van der Waals surface area contributed by atoms with Gasteiger partial charge in [-0.15, -0.1) is 0 Å². The highest BCUT2D eigenvalue weighted by atomic mass is 16.5. The molecule has 2 aromatic rings. The first kappa shape index (κ1) is 14.5. The van der Waals surface area contributed by atoms with E-state index in [-0.39, 0.29) is 6.04 Å². The first-order valence-corrected chi connectivity index (χ1v) is 6.67. The predicted octanol–water partition coefficient (Wildman–Crippen LogP) is 2.45. The van der Waals surface area contributed by atoms with E-state index in [0.29, 0.717) is 0 Å². The second kappa shape index (κ2) is 6.50. The zero-order valence-corrected chi connectivity index (χ0v) is 12.2. The predicted molar refractivity (Wildman–Crippen MR) is 80.5 cm³/mol. The summed E-state index contributed by atoms with van der Waals surface area (Å²) >= 11 is 0. The van der Waals surface area contributed by atoms with Gasteiger partial charge in [0, 0.05) is 11.4 Å². The van der Waals surface area contributed by atoms with Gasteiger partial charge < -0.3 is 4.74 Å². The number of nitrogens with one attached hydrogen (secondary N) is 1. The topological polar surface area (TPSA) is 60.2 Å². The summed E-state index contributed by atoms with van der Waals surface area (Å²) in [6, 6.07) is 12.2. The number of nitrogens with two attached hydrogens (primary N) is 1. The largest absolute Gasteiger partial charge is 0.496 e. The van der Waals surface area contributed by atoms with Crippen LogP contribution in [0, 0.1) is 13.8 Å². The van der Waals surface area contributed by atoms with Gasteiger partial charge in [-0.2, -0.15) is 0 Å². The van der Waals surface area contributed by atoms with E-state index in [1.54, 1.807) is 7.11 Å². The van der Waals surface area contributed by atoms with Crippen LogP contribution in [0.25, 0.3) is 0 Å². The number of nitrogens with zero attached hydrogens (tertiary/aromatic N) is 1. The van der Waals surface area contributed by atoms with Crippen molar-refractivity contribution < 1.29 is 4.74 Å². The number of aromatic nitrogens is 1. The summed E-state index contributed by atoms with van der Waals surface area (Å²) < 4.78 is 5.39. The number of methoxy groups -OCH3 is 1. The van der Waals surface area contributed by atoms with Crippen molar-refractivity contribution in [2.24, 2.45) is 5.84 Å². The molecule has 1 aromatic heterocycles. The fraction of sp³-hybridized carbons (Fsp3) is 0.312. The summed E-state index contributed by atoms with van der Waals surface area (Å²) in [6.07, 6.45) is 0.767. The molecule has 4 nitrogen and oxygen atoms in total. The van der Waals surface area contributed by atoms with Crippen LogP contribution in [0.2, 0.25) is 0 Å². The molecule has 0 saturated heterocycles. The Morgan fingerprint density at radius 1 is 1.20 bits per heavy atom. The van der Waals surface area contributed by atoms with Crippen molar-refractivity contribution in [2.45, 2.75) is 26.3 Å². The number of rotatable bonds is 5. The maximum absolute atomic E-state index is 5.73. The molecule has 0 aliphatic heterocycles. The van der Waals surface area contributed by atoms with E-state index in [0.717, 1.165) is 34.7 Å². The van der Waals surface area contributed by atoms with Gasteiger partial charge in [-0.3, -0.25) is 16.3 Å². The minimum Gasteiger partial charge on any atom is -0.496 e. The van der Waals surface area contributed by atoms with Crippen molar-refractivity contribution in [3.05, 3.63) is 58.9 Å². The average molecular weight is 271 g/mol. The van der Waals surface area contributed by atoms with Crippen LogP contribution in [-0.4, -0.2) is 12.1 Å². The van der Waals surface area contributed by atoms with E-state index < -0.39 is 0 Å². The van der Waals surface area contributed by atoms with E-state index in [2.05, 4.69) is 28.6 Å². The van der Waals surface area contributed by atoms with Gasteiger partial charge in [0.25, 0.3) is 0 Å². The zero-order chi connectivity index (χ0) is 14.5. The van der Waals surface area contributed by atoms with Crippen molar-refractivity contribution in [3.8, 4) is 5.75 Å². The highest BCUT2D eigenvalue weighted by Gasteiger charge is 2.14. The maximum atomic E-state index is 5.73. The van der Waals surface area contributed by atoms with Crippen LogP contribution in [0.15, 0.2) is 36.4 Å². The Kier molecular flexibility index (Phi) is 4.71. The molecular weight excluding hydrogens is 250 g/mol. The van der Waals surface area contributed by atoms with Crippen LogP contribution in [0.1, 0.15) is 28.6 Å². The van der Waals surface area contributed by atoms with E-state index in [4.69, 9.17) is 10.6 Å². The molecule has 20 heavy (non-hydrogen) atoms. The van der Waals surface area contributed by atoms with Gasteiger partial charge in [0.1, 0.15) is 5.75 Å². The normalized spacial score (nSPS) is 12.2. The lowest BCUT2D eigenvalue weighted by molar-refractivity contribution is 0.405. The molecule has 0 aliphatic carbocycles. The lowest BCUT2D eigenvalue weighted by atomic mass is 9.98. The van der Waals surface area contributed by atoms with Crippen LogP contribution in [-0.2, 0) is 6.42 Å². The maximum Gasteiger partial charge on any atom is 0.122 e. The quantitative estimate of drug-likeness (QED) is 0.648. The standard InChI is InChI=1S/C16H21N3O/c1-11-8-14(9-12(2)18-11)15(19-17)10-13-6-4-5-7-16(13)20-3/h4-9,15,19H,10,17H2,1-3H3. The van der Waals surface area contributed by atoms with E-state index in [1.165, 1.54) is 0 Å². The molecule has 106 valence electrons. The average Bonchev–Trinajstić information content (AvgIpc) is 2.44. The van der Waals surface area contributed by atoms with E-state index in [1.807, 2.05) is 32.0 Å². The van der Waals surface area contributed by atoms with Crippen molar-refractivity contribution in [1.29, 1.82) is 0 Å². The van der Waals surface area contributed by atoms with Crippen molar-refractivity contribution in [1.82, 2.24) is 10.4 Å². The van der Waals surface area contributed by atoms with Gasteiger partial charge >= 0.3 is 0 Å². The Hall–Kier alpha value is -1.91. The van der Waals surface area contributed by atoms with Gasteiger partial charge in [-0.25, -0.2) is 0 Å². The molecule has 0 spiro atoms. The van der Waals surface area contributed by atoms with Crippen molar-refractivity contribution in [2.75, 3.05) is 7.11 Å². The number of ether oxygens (including phenoxy) is 1. The lowest BCUT2D eigenvalue weighted by Gasteiger charge is -2.19. The highest BCUT2D eigenvalue weighted by Crippen LogP contribution is 2.25. The molecule has 0 radical (unpaired) electrons. The monoisotopic (exact) mass is 271 g/mol. The van der Waals surface area contributed by atoms with E-state index in [9.17, 15) is 0 Å². The van der Waals surface area contributed by atoms with Crippen LogP contribution < -0.4 is 16.0 Å². The Balaban J connectivity index is 2.28. The number of para-hydroxylation sites is 1. The third-order valence-electron chi connectivity index (χ3n) is 3.32. The Bertz CT molecular complexity index is 563. The molecule has 0 amide bonds. The van der Waals surface area contributed by atoms with Gasteiger partial charge in [0.05, 0.1) is 13.2 Å². The first-order valence-electron chi connectivity index (χ1n) is 6.67. The van der Waals surface area contributed by atoms with Crippen LogP contribution in [0.3, 0.4) is 0 Å². The van der Waals surface area contributed by atoms with Crippen molar-refractivity contribution in [3.63, 3.8) is 0 Å². The molecule has 2 rings (SSSR count).